The van der Waals surface area contributed by atoms with E-state index in [9.17, 15) is 4.79 Å². The van der Waals surface area contributed by atoms with E-state index in [4.69, 9.17) is 0 Å². The topological polar surface area (TPSA) is 72.3 Å². The minimum atomic E-state index is -0.114. The van der Waals surface area contributed by atoms with Gasteiger partial charge in [0.25, 0.3) is 0 Å². The Kier molecular flexibility index (Phi) is 8.15. The van der Waals surface area contributed by atoms with Gasteiger partial charge in [0.2, 0.25) is 0 Å². The minimum Gasteiger partial charge on any atom is -0.343 e. The van der Waals surface area contributed by atoms with Gasteiger partial charge in [-0.3, -0.25) is 9.98 Å². The van der Waals surface area contributed by atoms with Crippen molar-refractivity contribution in [2.45, 2.75) is 38.9 Å². The molecule has 2 N–H and O–H groups in total. The standard InChI is InChI=1S/C16H30N6O/c1-6-7-10-19-13(2)21(5)16(18-4)22-11-8-14(9-12-22)20-15(23)17-3/h6-7,10,13-14H,8-9,11-12H2,1-5H3,(H2,17,20,23)/b7-6-,18-16+,19-10-. The summed E-state index contributed by atoms with van der Waals surface area (Å²) in [6.07, 6.45) is 7.53. The van der Waals surface area contributed by atoms with Crippen LogP contribution in [0.5, 0.6) is 0 Å². The maximum absolute atomic E-state index is 11.4. The molecule has 1 unspecified atom stereocenters. The predicted octanol–water partition coefficient (Wildman–Crippen LogP) is 1.29. The van der Waals surface area contributed by atoms with Crippen LogP contribution in [0.25, 0.3) is 0 Å². The molecule has 0 aromatic heterocycles. The monoisotopic (exact) mass is 322 g/mol. The number of hydrogen-bond donors (Lipinski definition) is 2. The lowest BCUT2D eigenvalue weighted by molar-refractivity contribution is 0.221. The molecule has 130 valence electrons. The first-order chi connectivity index (χ1) is 11.0. The number of urea groups is 1. The van der Waals surface area contributed by atoms with E-state index in [2.05, 4.69) is 30.4 Å². The van der Waals surface area contributed by atoms with Gasteiger partial charge >= 0.3 is 6.03 Å². The number of guanidine groups is 1. The number of piperidine rings is 1. The van der Waals surface area contributed by atoms with E-state index in [1.165, 1.54) is 0 Å². The van der Waals surface area contributed by atoms with Gasteiger partial charge in [0, 0.05) is 46.5 Å². The second-order valence-electron chi connectivity index (χ2n) is 5.58. The number of carbonyl (C=O) groups excluding carboxylic acids is 1. The van der Waals surface area contributed by atoms with Crippen LogP contribution in [0.2, 0.25) is 0 Å². The average Bonchev–Trinajstić information content (AvgIpc) is 2.56. The highest BCUT2D eigenvalue weighted by molar-refractivity contribution is 5.80. The molecule has 0 aliphatic carbocycles. The van der Waals surface area contributed by atoms with Gasteiger partial charge in [-0.25, -0.2) is 4.79 Å². The van der Waals surface area contributed by atoms with Crippen LogP contribution < -0.4 is 10.6 Å². The highest BCUT2D eigenvalue weighted by Gasteiger charge is 2.25. The Bertz CT molecular complexity index is 451. The fraction of sp³-hybridized carbons (Fsp3) is 0.688. The molecule has 0 aromatic carbocycles. The number of aliphatic imine (C=N–C) groups is 2. The Balaban J connectivity index is 2.58. The Morgan fingerprint density at radius 3 is 2.57 bits per heavy atom. The average molecular weight is 322 g/mol. The molecular formula is C16H30N6O. The van der Waals surface area contributed by atoms with Crippen molar-refractivity contribution in [1.29, 1.82) is 0 Å². The number of nitrogens with one attached hydrogen (secondary N) is 2. The first-order valence-corrected chi connectivity index (χ1v) is 8.10. The molecule has 1 aliphatic rings. The Morgan fingerprint density at radius 1 is 1.39 bits per heavy atom. The first-order valence-electron chi connectivity index (χ1n) is 8.10. The van der Waals surface area contributed by atoms with Gasteiger partial charge in [-0.05, 0) is 32.8 Å². The van der Waals surface area contributed by atoms with Crippen LogP contribution in [-0.4, -0.2) is 74.4 Å². The third-order valence-corrected chi connectivity index (χ3v) is 4.00. The van der Waals surface area contributed by atoms with E-state index < -0.39 is 0 Å². The van der Waals surface area contributed by atoms with Crippen LogP contribution in [0.3, 0.4) is 0 Å². The normalized spacial score (nSPS) is 18.5. The molecule has 0 aromatic rings. The van der Waals surface area contributed by atoms with E-state index in [0.717, 1.165) is 31.9 Å². The summed E-state index contributed by atoms with van der Waals surface area (Å²) in [5, 5.41) is 5.57. The van der Waals surface area contributed by atoms with Crippen LogP contribution in [0, 0.1) is 0 Å². The van der Waals surface area contributed by atoms with Crippen LogP contribution in [0.4, 0.5) is 4.79 Å². The summed E-state index contributed by atoms with van der Waals surface area (Å²) in [7, 11) is 5.45. The molecule has 0 radical (unpaired) electrons. The fourth-order valence-electron chi connectivity index (χ4n) is 2.53. The number of carbonyl (C=O) groups is 1. The molecule has 23 heavy (non-hydrogen) atoms. The minimum absolute atomic E-state index is 0.0200. The second kappa shape index (κ2) is 9.86. The molecule has 1 rings (SSSR count). The van der Waals surface area contributed by atoms with E-state index >= 15 is 0 Å². The number of nitrogens with zero attached hydrogens (tertiary/aromatic N) is 4. The Labute approximate surface area is 139 Å². The molecule has 1 saturated heterocycles. The summed E-state index contributed by atoms with van der Waals surface area (Å²) in [6.45, 7) is 5.76. The maximum atomic E-state index is 11.4. The second-order valence-corrected chi connectivity index (χ2v) is 5.58. The number of amides is 2. The largest absolute Gasteiger partial charge is 0.343 e. The summed E-state index contributed by atoms with van der Waals surface area (Å²) < 4.78 is 0. The lowest BCUT2D eigenvalue weighted by Gasteiger charge is -2.38. The molecule has 1 heterocycles. The lowest BCUT2D eigenvalue weighted by Crippen LogP contribution is -2.52. The molecule has 1 fully saturated rings. The predicted molar refractivity (Wildman–Crippen MR) is 96.1 cm³/mol. The van der Waals surface area contributed by atoms with Gasteiger partial charge in [0.05, 0.1) is 0 Å². The van der Waals surface area contributed by atoms with Gasteiger partial charge < -0.3 is 20.4 Å². The zero-order chi connectivity index (χ0) is 17.2. The van der Waals surface area contributed by atoms with E-state index in [1.54, 1.807) is 7.05 Å². The summed E-state index contributed by atoms with van der Waals surface area (Å²) >= 11 is 0. The van der Waals surface area contributed by atoms with Crippen LogP contribution in [0.1, 0.15) is 26.7 Å². The maximum Gasteiger partial charge on any atom is 0.314 e. The van der Waals surface area contributed by atoms with Crippen molar-refractivity contribution in [1.82, 2.24) is 20.4 Å². The van der Waals surface area contributed by atoms with E-state index in [-0.39, 0.29) is 18.2 Å². The zero-order valence-corrected chi connectivity index (χ0v) is 14.9. The van der Waals surface area contributed by atoms with Gasteiger partial charge in [-0.2, -0.15) is 0 Å². The molecular weight excluding hydrogens is 292 g/mol. The molecule has 7 nitrogen and oxygen atoms in total. The third-order valence-electron chi connectivity index (χ3n) is 4.00. The summed E-state index contributed by atoms with van der Waals surface area (Å²) in [5.74, 6) is 0.938. The zero-order valence-electron chi connectivity index (χ0n) is 14.9. The Hall–Kier alpha value is -2.05. The molecule has 0 spiro atoms. The number of hydrogen-bond acceptors (Lipinski definition) is 3. The number of allylic oxidation sites excluding steroid dienone is 2. The number of rotatable bonds is 4. The van der Waals surface area contributed by atoms with Crippen molar-refractivity contribution >= 4 is 18.2 Å². The molecule has 0 bridgehead atoms. The highest BCUT2D eigenvalue weighted by atomic mass is 16.2. The molecule has 1 aliphatic heterocycles. The molecule has 7 heteroatoms. The van der Waals surface area contributed by atoms with Gasteiger partial charge in [0.1, 0.15) is 6.17 Å². The Morgan fingerprint density at radius 2 is 2.04 bits per heavy atom. The van der Waals surface area contributed by atoms with E-state index in [1.807, 2.05) is 46.3 Å². The van der Waals surface area contributed by atoms with Crippen molar-refractivity contribution in [3.8, 4) is 0 Å². The van der Waals surface area contributed by atoms with Crippen LogP contribution in [0.15, 0.2) is 22.1 Å². The van der Waals surface area contributed by atoms with Crippen molar-refractivity contribution in [3.63, 3.8) is 0 Å². The van der Waals surface area contributed by atoms with Crippen molar-refractivity contribution < 1.29 is 4.79 Å². The summed E-state index contributed by atoms with van der Waals surface area (Å²) in [6, 6.07) is 0.108. The van der Waals surface area contributed by atoms with Crippen LogP contribution >= 0.6 is 0 Å². The summed E-state index contributed by atoms with van der Waals surface area (Å²) in [5.41, 5.74) is 0. The third kappa shape index (κ3) is 5.92. The van der Waals surface area contributed by atoms with Crippen molar-refractivity contribution in [2.75, 3.05) is 34.2 Å². The first kappa shape index (κ1) is 19.0. The molecule has 2 amide bonds. The van der Waals surface area contributed by atoms with Crippen molar-refractivity contribution in [3.05, 3.63) is 12.2 Å². The van der Waals surface area contributed by atoms with Gasteiger partial charge in [-0.15, -0.1) is 0 Å². The summed E-state index contributed by atoms with van der Waals surface area (Å²) in [4.78, 5) is 24.6. The van der Waals surface area contributed by atoms with Gasteiger partial charge in [-0.1, -0.05) is 6.08 Å². The van der Waals surface area contributed by atoms with Crippen molar-refractivity contribution in [2.24, 2.45) is 9.98 Å². The van der Waals surface area contributed by atoms with Crippen LogP contribution in [-0.2, 0) is 0 Å². The fourth-order valence-corrected chi connectivity index (χ4v) is 2.53. The lowest BCUT2D eigenvalue weighted by atomic mass is 10.1. The quantitative estimate of drug-likeness (QED) is 0.605. The van der Waals surface area contributed by atoms with Gasteiger partial charge in [0.15, 0.2) is 5.96 Å². The van der Waals surface area contributed by atoms with E-state index in [0.29, 0.717) is 0 Å². The number of likely N-dealkylation sites (tertiary alicyclic amines) is 1. The highest BCUT2D eigenvalue weighted by Crippen LogP contribution is 2.13. The molecule has 1 atom stereocenters. The SMILES string of the molecule is C/C=C\C=N/C(C)N(C)/C(=N\C)N1CCC(NC(=O)NC)CC1. The smallest absolute Gasteiger partial charge is 0.314 e. The molecule has 0 saturated carbocycles.